The quantitative estimate of drug-likeness (QED) is 0.378. The van der Waals surface area contributed by atoms with Crippen LogP contribution in [0.2, 0.25) is 0 Å². The molecule has 0 saturated heterocycles. The van der Waals surface area contributed by atoms with Crippen LogP contribution in [-0.4, -0.2) is 82.6 Å². The Bertz CT molecular complexity index is 1320. The molecule has 0 aliphatic heterocycles. The Hall–Kier alpha value is -3.44. The van der Waals surface area contributed by atoms with Gasteiger partial charge in [-0.25, -0.2) is 4.39 Å². The van der Waals surface area contributed by atoms with Crippen LogP contribution in [0, 0.1) is 16.6 Å². The molecule has 6 N–H and O–H groups in total. The predicted molar refractivity (Wildman–Crippen MR) is 128 cm³/mol. The lowest BCUT2D eigenvalue weighted by Crippen LogP contribution is -2.72. The monoisotopic (exact) mass is 503 g/mol. The van der Waals surface area contributed by atoms with Crippen molar-refractivity contribution in [2.24, 2.45) is 16.6 Å². The first kappa shape index (κ1) is 25.6. The van der Waals surface area contributed by atoms with Crippen molar-refractivity contribution in [2.45, 2.75) is 38.3 Å². The number of hydrogen-bond donors (Lipinski definition) is 5. The van der Waals surface area contributed by atoms with Gasteiger partial charge in [0.2, 0.25) is 5.78 Å². The number of benzene rings is 1. The van der Waals surface area contributed by atoms with Gasteiger partial charge >= 0.3 is 0 Å². The van der Waals surface area contributed by atoms with Gasteiger partial charge in [-0.2, -0.15) is 0 Å². The number of ketones is 2. The van der Waals surface area contributed by atoms with E-state index < -0.39 is 68.6 Å². The Morgan fingerprint density at radius 2 is 1.72 bits per heavy atom. The highest BCUT2D eigenvalue weighted by Gasteiger charge is 2.72. The first-order valence-corrected chi connectivity index (χ1v) is 11.3. The molecule has 0 bridgehead atoms. The minimum absolute atomic E-state index is 0.0436. The van der Waals surface area contributed by atoms with Crippen LogP contribution in [0.5, 0.6) is 5.75 Å². The number of aliphatic hydroxyl groups excluding tert-OH is 2. The van der Waals surface area contributed by atoms with Crippen molar-refractivity contribution in [3.63, 3.8) is 0 Å². The van der Waals surface area contributed by atoms with Gasteiger partial charge in [0.25, 0.3) is 5.91 Å². The fourth-order valence-electron chi connectivity index (χ4n) is 6.74. The molecule has 36 heavy (non-hydrogen) atoms. The number of aromatic hydroxyl groups is 1. The summed E-state index contributed by atoms with van der Waals surface area (Å²) in [5.74, 6) is -7.12. The number of anilines is 1. The number of carbonyl (C=O) groups excluding carboxylic acids is 3. The van der Waals surface area contributed by atoms with Gasteiger partial charge in [-0.3, -0.25) is 19.3 Å². The Morgan fingerprint density at radius 3 is 2.22 bits per heavy atom. The summed E-state index contributed by atoms with van der Waals surface area (Å²) in [7, 11) is 6.39. The third kappa shape index (κ3) is 2.86. The van der Waals surface area contributed by atoms with Gasteiger partial charge in [-0.15, -0.1) is 0 Å². The summed E-state index contributed by atoms with van der Waals surface area (Å²) in [6, 6.07) is -0.111. The van der Waals surface area contributed by atoms with E-state index in [4.69, 9.17) is 5.73 Å². The minimum atomic E-state index is -2.81. The van der Waals surface area contributed by atoms with Crippen molar-refractivity contribution < 1.29 is 39.2 Å². The highest BCUT2D eigenvalue weighted by Crippen LogP contribution is 2.63. The largest absolute Gasteiger partial charge is 0.508 e. The number of primary amides is 1. The zero-order valence-corrected chi connectivity index (χ0v) is 20.9. The summed E-state index contributed by atoms with van der Waals surface area (Å²) in [4.78, 5) is 42.6. The molecule has 4 rings (SSSR count). The summed E-state index contributed by atoms with van der Waals surface area (Å²) < 4.78 is 14.6. The maximum atomic E-state index is 14.6. The SMILES string of the molecule is CN(C)c1cc(F)c(O)c2c1C[C@@]1(C)C[C@@]3(C)[C@H](N(C)C)C(=O)C(C(N)=O)=C(O)[C@@]3(O)C(=O)C1=C2O. The highest BCUT2D eigenvalue weighted by atomic mass is 19.1. The number of phenolic OH excluding ortho intramolecular Hbond substituents is 1. The number of nitrogens with two attached hydrogens (primary N) is 1. The first-order valence-electron chi connectivity index (χ1n) is 11.3. The lowest BCUT2D eigenvalue weighted by molar-refractivity contribution is -0.175. The molecule has 11 heteroatoms. The van der Waals surface area contributed by atoms with Crippen LogP contribution in [0.4, 0.5) is 10.1 Å². The summed E-state index contributed by atoms with van der Waals surface area (Å²) in [5.41, 5.74) is -1.11. The van der Waals surface area contributed by atoms with Gasteiger partial charge < -0.3 is 31.1 Å². The predicted octanol–water partition coefficient (Wildman–Crippen LogP) is 0.949. The van der Waals surface area contributed by atoms with Crippen LogP contribution in [0.25, 0.3) is 5.76 Å². The van der Waals surface area contributed by atoms with Gasteiger partial charge in [0.15, 0.2) is 23.0 Å². The van der Waals surface area contributed by atoms with Crippen LogP contribution in [0.3, 0.4) is 0 Å². The van der Waals surface area contributed by atoms with E-state index in [1.807, 2.05) is 0 Å². The molecule has 1 amide bonds. The Morgan fingerprint density at radius 1 is 1.14 bits per heavy atom. The van der Waals surface area contributed by atoms with E-state index >= 15 is 0 Å². The number of likely N-dealkylation sites (N-methyl/N-ethyl adjacent to an activating group) is 1. The molecule has 1 saturated carbocycles. The van der Waals surface area contributed by atoms with Crippen LogP contribution in [0.15, 0.2) is 23.0 Å². The fraction of sp³-hybridized carbons (Fsp3) is 0.480. The molecule has 0 unspecified atom stereocenters. The van der Waals surface area contributed by atoms with Crippen molar-refractivity contribution in [2.75, 3.05) is 33.1 Å². The molecule has 1 aromatic carbocycles. The molecule has 0 spiro atoms. The van der Waals surface area contributed by atoms with Crippen molar-refractivity contribution >= 4 is 28.9 Å². The Kier molecular flexibility index (Phi) is 5.37. The molecule has 4 atom stereocenters. The Balaban J connectivity index is 2.12. The van der Waals surface area contributed by atoms with E-state index in [9.17, 15) is 39.2 Å². The molecular weight excluding hydrogens is 473 g/mol. The zero-order chi connectivity index (χ0) is 27.3. The normalized spacial score (nSPS) is 31.9. The number of halogens is 1. The average Bonchev–Trinajstić information content (AvgIpc) is 2.72. The molecule has 10 nitrogen and oxygen atoms in total. The molecule has 0 heterocycles. The summed E-state index contributed by atoms with van der Waals surface area (Å²) in [6.07, 6.45) is -0.0568. The number of nitrogens with zero attached hydrogens (tertiary/aromatic N) is 2. The smallest absolute Gasteiger partial charge is 0.255 e. The van der Waals surface area contributed by atoms with E-state index in [-0.39, 0.29) is 24.0 Å². The molecule has 3 aliphatic carbocycles. The summed E-state index contributed by atoms with van der Waals surface area (Å²) >= 11 is 0. The topological polar surface area (TPSA) is 165 Å². The van der Waals surface area contributed by atoms with E-state index in [2.05, 4.69) is 0 Å². The standard InChI is InChI=1S/C25H30FN3O7/c1-23-8-10-12(28(3)4)7-11(26)16(30)13(10)17(31)15(23)21(34)25(36)20(33)14(22(27)35)18(32)19(29(5)6)24(25,2)9-23/h7,19,30-31,33,36H,8-9H2,1-6H3,(H2,27,35)/t19-,23+,24+,25-/m1/s1. The number of aliphatic hydroxyl groups is 3. The highest BCUT2D eigenvalue weighted by molar-refractivity contribution is 6.25. The number of phenols is 1. The summed E-state index contributed by atoms with van der Waals surface area (Å²) in [6.45, 7) is 3.12. The van der Waals surface area contributed by atoms with Crippen molar-refractivity contribution in [1.82, 2.24) is 4.90 Å². The van der Waals surface area contributed by atoms with E-state index in [1.165, 1.54) is 25.9 Å². The maximum absolute atomic E-state index is 14.6. The minimum Gasteiger partial charge on any atom is -0.508 e. The number of Topliss-reactive ketones (excluding diaryl/α,β-unsaturated/α-hetero) is 2. The molecule has 1 fully saturated rings. The third-order valence-corrected chi connectivity index (χ3v) is 8.04. The number of amides is 1. The van der Waals surface area contributed by atoms with E-state index in [0.29, 0.717) is 11.3 Å². The number of fused-ring (bicyclic) bond motifs is 3. The zero-order valence-electron chi connectivity index (χ0n) is 20.9. The summed E-state index contributed by atoms with van der Waals surface area (Å²) in [5, 5.41) is 44.7. The number of rotatable bonds is 3. The molecule has 0 aromatic heterocycles. The van der Waals surface area contributed by atoms with Gasteiger partial charge in [-0.1, -0.05) is 13.8 Å². The lowest BCUT2D eigenvalue weighted by atomic mass is 9.46. The van der Waals surface area contributed by atoms with Crippen LogP contribution >= 0.6 is 0 Å². The van der Waals surface area contributed by atoms with E-state index in [1.54, 1.807) is 25.9 Å². The van der Waals surface area contributed by atoms with E-state index in [0.717, 1.165) is 6.07 Å². The second-order valence-corrected chi connectivity index (χ2v) is 10.9. The molecule has 194 valence electrons. The second kappa shape index (κ2) is 7.53. The van der Waals surface area contributed by atoms with Gasteiger partial charge in [0.1, 0.15) is 17.1 Å². The van der Waals surface area contributed by atoms with Crippen molar-refractivity contribution in [3.8, 4) is 5.75 Å². The number of hydrogen-bond acceptors (Lipinski definition) is 9. The first-order chi connectivity index (χ1) is 16.5. The van der Waals surface area contributed by atoms with Crippen molar-refractivity contribution in [3.05, 3.63) is 39.9 Å². The molecule has 0 radical (unpaired) electrons. The third-order valence-electron chi connectivity index (χ3n) is 8.04. The average molecular weight is 504 g/mol. The number of carbonyl (C=O) groups is 3. The second-order valence-electron chi connectivity index (χ2n) is 10.9. The van der Waals surface area contributed by atoms with Crippen LogP contribution < -0.4 is 10.6 Å². The molecule has 3 aliphatic rings. The van der Waals surface area contributed by atoms with Gasteiger partial charge in [-0.05, 0) is 32.5 Å². The molecule has 1 aromatic rings. The maximum Gasteiger partial charge on any atom is 0.255 e. The fourth-order valence-corrected chi connectivity index (χ4v) is 6.74. The van der Waals surface area contributed by atoms with Crippen LogP contribution in [-0.2, 0) is 20.8 Å². The molecular formula is C25H30FN3O7. The Labute approximate surface area is 207 Å². The lowest BCUT2D eigenvalue weighted by Gasteiger charge is -2.59. The van der Waals surface area contributed by atoms with Gasteiger partial charge in [0, 0.05) is 42.3 Å². The van der Waals surface area contributed by atoms with Gasteiger partial charge in [0.05, 0.1) is 11.6 Å². The van der Waals surface area contributed by atoms with Crippen molar-refractivity contribution in [1.29, 1.82) is 0 Å². The van der Waals surface area contributed by atoms with Crippen LogP contribution in [0.1, 0.15) is 31.4 Å².